The summed E-state index contributed by atoms with van der Waals surface area (Å²) in [4.78, 5) is 29.0. The van der Waals surface area contributed by atoms with E-state index < -0.39 is 0 Å². The van der Waals surface area contributed by atoms with Crippen molar-refractivity contribution in [2.75, 3.05) is 56.2 Å². The molecule has 1 aromatic carbocycles. The third-order valence-electron chi connectivity index (χ3n) is 5.76. The smallest absolute Gasteiger partial charge is 0.255 e. The van der Waals surface area contributed by atoms with Crippen LogP contribution < -0.4 is 14.5 Å². The number of nitrogens with zero attached hydrogens (tertiary/aromatic N) is 5. The number of anilines is 2. The summed E-state index contributed by atoms with van der Waals surface area (Å²) in [6.07, 6.45) is 3.74. The van der Waals surface area contributed by atoms with Crippen LogP contribution in [0.15, 0.2) is 28.7 Å². The van der Waals surface area contributed by atoms with Gasteiger partial charge in [0, 0.05) is 55.5 Å². The minimum absolute atomic E-state index is 0.0135. The molecule has 0 unspecified atom stereocenters. The summed E-state index contributed by atoms with van der Waals surface area (Å²) in [7, 11) is 1.61. The Balaban J connectivity index is 1.44. The first-order valence-corrected chi connectivity index (χ1v) is 11.3. The highest BCUT2D eigenvalue weighted by Gasteiger charge is 2.26. The van der Waals surface area contributed by atoms with Gasteiger partial charge >= 0.3 is 0 Å². The number of rotatable bonds is 4. The lowest BCUT2D eigenvalue weighted by Crippen LogP contribution is -2.49. The molecular formula is C22H28BrN5O2. The van der Waals surface area contributed by atoms with Crippen LogP contribution in [0.3, 0.4) is 0 Å². The van der Waals surface area contributed by atoms with Crippen LogP contribution in [0.1, 0.15) is 35.3 Å². The molecule has 8 heteroatoms. The molecule has 7 nitrogen and oxygen atoms in total. The van der Waals surface area contributed by atoms with Crippen LogP contribution >= 0.6 is 15.9 Å². The van der Waals surface area contributed by atoms with Gasteiger partial charge in [-0.25, -0.2) is 4.98 Å². The van der Waals surface area contributed by atoms with Crippen molar-refractivity contribution >= 4 is 33.6 Å². The summed E-state index contributed by atoms with van der Waals surface area (Å²) in [5.41, 5.74) is 1.61. The number of piperidine rings is 1. The van der Waals surface area contributed by atoms with Crippen LogP contribution in [0.2, 0.25) is 0 Å². The highest BCUT2D eigenvalue weighted by atomic mass is 79.9. The van der Waals surface area contributed by atoms with Gasteiger partial charge in [-0.3, -0.25) is 4.79 Å². The number of benzene rings is 1. The van der Waals surface area contributed by atoms with Gasteiger partial charge < -0.3 is 19.4 Å². The first kappa shape index (κ1) is 20.9. The van der Waals surface area contributed by atoms with Crippen molar-refractivity contribution in [3.05, 3.63) is 40.0 Å². The Bertz CT molecular complexity index is 908. The Morgan fingerprint density at radius 2 is 1.70 bits per heavy atom. The summed E-state index contributed by atoms with van der Waals surface area (Å²) in [6.45, 7) is 6.87. The van der Waals surface area contributed by atoms with Gasteiger partial charge in [0.05, 0.1) is 12.7 Å². The normalized spacial score (nSPS) is 17.2. The van der Waals surface area contributed by atoms with Crippen LogP contribution in [-0.4, -0.2) is 67.2 Å². The molecule has 3 heterocycles. The van der Waals surface area contributed by atoms with Gasteiger partial charge in [-0.15, -0.1) is 0 Å². The fourth-order valence-corrected chi connectivity index (χ4v) is 4.45. The van der Waals surface area contributed by atoms with E-state index in [0.717, 1.165) is 48.1 Å². The molecule has 0 radical (unpaired) electrons. The van der Waals surface area contributed by atoms with E-state index in [1.165, 1.54) is 19.3 Å². The molecule has 0 atom stereocenters. The average Bonchev–Trinajstić information content (AvgIpc) is 2.79. The van der Waals surface area contributed by atoms with Crippen LogP contribution in [0, 0.1) is 6.92 Å². The van der Waals surface area contributed by atoms with E-state index in [9.17, 15) is 4.79 Å². The molecule has 0 aliphatic carbocycles. The molecule has 2 aliphatic rings. The fourth-order valence-electron chi connectivity index (χ4n) is 4.04. The number of amides is 1. The van der Waals surface area contributed by atoms with E-state index in [-0.39, 0.29) is 5.91 Å². The van der Waals surface area contributed by atoms with Gasteiger partial charge in [0.15, 0.2) is 0 Å². The zero-order chi connectivity index (χ0) is 21.1. The van der Waals surface area contributed by atoms with Crippen molar-refractivity contribution in [1.29, 1.82) is 0 Å². The summed E-state index contributed by atoms with van der Waals surface area (Å²) in [5.74, 6) is 2.49. The predicted octanol–water partition coefficient (Wildman–Crippen LogP) is 3.51. The average molecular weight is 474 g/mol. The lowest BCUT2D eigenvalue weighted by molar-refractivity contribution is 0.0745. The van der Waals surface area contributed by atoms with Crippen molar-refractivity contribution in [1.82, 2.24) is 14.9 Å². The number of aromatic nitrogens is 2. The Hall–Kier alpha value is -2.35. The van der Waals surface area contributed by atoms with Crippen molar-refractivity contribution < 1.29 is 9.53 Å². The topological polar surface area (TPSA) is 61.8 Å². The Morgan fingerprint density at radius 3 is 2.40 bits per heavy atom. The van der Waals surface area contributed by atoms with Crippen LogP contribution in [0.5, 0.6) is 5.75 Å². The molecule has 160 valence electrons. The number of hydrogen-bond donors (Lipinski definition) is 0. The molecule has 4 rings (SSSR count). The van der Waals surface area contributed by atoms with Gasteiger partial charge in [0.1, 0.15) is 11.6 Å². The largest absolute Gasteiger partial charge is 0.497 e. The molecule has 1 amide bonds. The highest BCUT2D eigenvalue weighted by Crippen LogP contribution is 2.25. The molecule has 0 bridgehead atoms. The molecular weight excluding hydrogens is 446 g/mol. The molecule has 2 aliphatic heterocycles. The number of ether oxygens (including phenoxy) is 1. The molecule has 30 heavy (non-hydrogen) atoms. The van der Waals surface area contributed by atoms with Gasteiger partial charge in [0.25, 0.3) is 5.91 Å². The van der Waals surface area contributed by atoms with Crippen LogP contribution in [0.4, 0.5) is 11.8 Å². The lowest BCUT2D eigenvalue weighted by atomic mass is 10.1. The minimum atomic E-state index is 0.0135. The third kappa shape index (κ3) is 4.53. The molecule has 1 aromatic heterocycles. The molecule has 0 N–H and O–H groups in total. The van der Waals surface area contributed by atoms with Crippen molar-refractivity contribution in [3.63, 3.8) is 0 Å². The summed E-state index contributed by atoms with van der Waals surface area (Å²) < 4.78 is 6.06. The van der Waals surface area contributed by atoms with E-state index >= 15 is 0 Å². The SMILES string of the molecule is COc1ccc(Br)c(C(=O)N2CCN(c3nc(C)cc(N4CCCCC4)n3)CC2)c1. The lowest BCUT2D eigenvalue weighted by Gasteiger charge is -2.35. The van der Waals surface area contributed by atoms with Gasteiger partial charge in [0.2, 0.25) is 5.95 Å². The van der Waals surface area contributed by atoms with E-state index in [0.29, 0.717) is 24.4 Å². The number of carbonyl (C=O) groups is 1. The third-order valence-corrected chi connectivity index (χ3v) is 6.45. The minimum Gasteiger partial charge on any atom is -0.497 e. The van der Waals surface area contributed by atoms with E-state index in [4.69, 9.17) is 9.72 Å². The summed E-state index contributed by atoms with van der Waals surface area (Å²) >= 11 is 3.49. The molecule has 2 fully saturated rings. The quantitative estimate of drug-likeness (QED) is 0.676. The Morgan fingerprint density at radius 1 is 0.967 bits per heavy atom. The standard InChI is InChI=1S/C22H28BrN5O2/c1-16-14-20(26-8-4-3-5-9-26)25-22(24-16)28-12-10-27(11-13-28)21(29)18-15-17(30-2)6-7-19(18)23/h6-7,14-15H,3-5,8-13H2,1-2H3. The van der Waals surface area contributed by atoms with Gasteiger partial charge in [-0.1, -0.05) is 0 Å². The monoisotopic (exact) mass is 473 g/mol. The van der Waals surface area contributed by atoms with Crippen LogP contribution in [-0.2, 0) is 0 Å². The Kier molecular flexibility index (Phi) is 6.41. The van der Waals surface area contributed by atoms with Crippen molar-refractivity contribution in [2.24, 2.45) is 0 Å². The maximum atomic E-state index is 13.0. The number of carbonyl (C=O) groups excluding carboxylic acids is 1. The van der Waals surface area contributed by atoms with Crippen molar-refractivity contribution in [2.45, 2.75) is 26.2 Å². The van der Waals surface area contributed by atoms with Gasteiger partial charge in [-0.05, 0) is 60.3 Å². The first-order valence-electron chi connectivity index (χ1n) is 10.5. The summed E-state index contributed by atoms with van der Waals surface area (Å²) in [5, 5.41) is 0. The second-order valence-electron chi connectivity index (χ2n) is 7.84. The maximum Gasteiger partial charge on any atom is 0.255 e. The van der Waals surface area contributed by atoms with Crippen LogP contribution in [0.25, 0.3) is 0 Å². The number of methoxy groups -OCH3 is 1. The van der Waals surface area contributed by atoms with Gasteiger partial charge in [-0.2, -0.15) is 4.98 Å². The van der Waals surface area contributed by atoms with Crippen molar-refractivity contribution in [3.8, 4) is 5.75 Å². The number of piperazine rings is 1. The predicted molar refractivity (Wildman–Crippen MR) is 122 cm³/mol. The number of halogens is 1. The zero-order valence-corrected chi connectivity index (χ0v) is 19.2. The molecule has 0 spiro atoms. The molecule has 2 saturated heterocycles. The summed E-state index contributed by atoms with van der Waals surface area (Å²) in [6, 6.07) is 7.56. The molecule has 0 saturated carbocycles. The second-order valence-corrected chi connectivity index (χ2v) is 8.69. The van der Waals surface area contributed by atoms with E-state index in [1.54, 1.807) is 13.2 Å². The van der Waals surface area contributed by atoms with E-state index in [1.807, 2.05) is 24.0 Å². The number of hydrogen-bond acceptors (Lipinski definition) is 6. The Labute approximate surface area is 186 Å². The number of aryl methyl sites for hydroxylation is 1. The highest BCUT2D eigenvalue weighted by molar-refractivity contribution is 9.10. The zero-order valence-electron chi connectivity index (χ0n) is 17.6. The maximum absolute atomic E-state index is 13.0. The fraction of sp³-hybridized carbons (Fsp3) is 0.500. The molecule has 2 aromatic rings. The van der Waals surface area contributed by atoms with E-state index in [2.05, 4.69) is 36.8 Å². The first-order chi connectivity index (χ1) is 14.5. The second kappa shape index (κ2) is 9.20.